The van der Waals surface area contributed by atoms with Crippen LogP contribution in [0.25, 0.3) is 11.2 Å². The number of carbonyl (C=O) groups is 1. The van der Waals surface area contributed by atoms with Crippen LogP contribution in [0.5, 0.6) is 5.75 Å². The van der Waals surface area contributed by atoms with Gasteiger partial charge in [-0.15, -0.1) is 0 Å². The molecule has 1 fully saturated rings. The molecule has 13 heteroatoms. The van der Waals surface area contributed by atoms with E-state index < -0.39 is 19.8 Å². The maximum Gasteiger partial charge on any atom is 0.459 e. The summed E-state index contributed by atoms with van der Waals surface area (Å²) in [6, 6.07) is 8.13. The van der Waals surface area contributed by atoms with Crippen molar-refractivity contribution in [3.8, 4) is 5.75 Å². The fraction of sp³-hybridized carbons (Fsp3) is 0.462. The first-order valence-corrected chi connectivity index (χ1v) is 14.7. The number of esters is 1. The van der Waals surface area contributed by atoms with Gasteiger partial charge in [0.2, 0.25) is 5.95 Å². The molecule has 2 heterocycles. The lowest BCUT2D eigenvalue weighted by atomic mass is 10.1. The van der Waals surface area contributed by atoms with Crippen molar-refractivity contribution in [2.24, 2.45) is 5.92 Å². The van der Waals surface area contributed by atoms with E-state index in [1.807, 2.05) is 22.8 Å². The van der Waals surface area contributed by atoms with E-state index in [2.05, 4.69) is 25.4 Å². The number of nitrogen functional groups attached to an aromatic ring is 1. The molecule has 2 aliphatic carbocycles. The number of imidazole rings is 1. The molecule has 0 radical (unpaired) electrons. The molecule has 208 valence electrons. The number of nitrogens with two attached hydrogens (primary N) is 1. The van der Waals surface area contributed by atoms with E-state index in [4.69, 9.17) is 19.5 Å². The largest absolute Gasteiger partial charge is 0.462 e. The highest BCUT2D eigenvalue weighted by Gasteiger charge is 2.34. The van der Waals surface area contributed by atoms with Crippen molar-refractivity contribution in [2.45, 2.75) is 64.3 Å². The average Bonchev–Trinajstić information content (AvgIpc) is 3.40. The van der Waals surface area contributed by atoms with Gasteiger partial charge in [0.15, 0.2) is 17.0 Å². The van der Waals surface area contributed by atoms with Crippen LogP contribution in [0.2, 0.25) is 0 Å². The molecule has 3 aromatic rings. The fourth-order valence-electron chi connectivity index (χ4n) is 4.31. The first-order chi connectivity index (χ1) is 18.7. The molecule has 2 aromatic heterocycles. The third-order valence-electron chi connectivity index (χ3n) is 6.35. The van der Waals surface area contributed by atoms with Gasteiger partial charge in [-0.25, -0.2) is 9.55 Å². The number of allylic oxidation sites excluding steroid dienone is 1. The molecule has 12 nitrogen and oxygen atoms in total. The van der Waals surface area contributed by atoms with Gasteiger partial charge in [0.05, 0.1) is 25.1 Å². The summed E-state index contributed by atoms with van der Waals surface area (Å²) in [6.45, 7) is 5.16. The second kappa shape index (κ2) is 11.3. The predicted molar refractivity (Wildman–Crippen MR) is 147 cm³/mol. The van der Waals surface area contributed by atoms with Crippen LogP contribution in [0, 0.1) is 5.92 Å². The van der Waals surface area contributed by atoms with Gasteiger partial charge in [0.1, 0.15) is 11.8 Å². The minimum absolute atomic E-state index is 0.0472. The van der Waals surface area contributed by atoms with Crippen LogP contribution in [-0.2, 0) is 18.6 Å². The van der Waals surface area contributed by atoms with Crippen LogP contribution < -0.4 is 20.7 Å². The van der Waals surface area contributed by atoms with E-state index >= 15 is 0 Å². The molecule has 0 spiro atoms. The number of nitrogens with one attached hydrogen (secondary N) is 2. The van der Waals surface area contributed by atoms with Gasteiger partial charge in [-0.1, -0.05) is 30.4 Å². The number of nitrogens with zero attached hydrogens (tertiary/aromatic N) is 4. The first kappa shape index (κ1) is 27.1. The van der Waals surface area contributed by atoms with Gasteiger partial charge >= 0.3 is 13.7 Å². The van der Waals surface area contributed by atoms with Crippen LogP contribution in [0.4, 0.5) is 11.8 Å². The van der Waals surface area contributed by atoms with E-state index in [0.29, 0.717) is 35.2 Å². The third kappa shape index (κ3) is 6.76. The molecule has 1 saturated carbocycles. The molecule has 5 rings (SSSR count). The molecule has 1 aromatic carbocycles. The van der Waals surface area contributed by atoms with Crippen molar-refractivity contribution < 1.29 is 23.1 Å². The minimum Gasteiger partial charge on any atom is -0.462 e. The monoisotopic (exact) mass is 555 g/mol. The van der Waals surface area contributed by atoms with Crippen molar-refractivity contribution in [1.29, 1.82) is 0 Å². The lowest BCUT2D eigenvalue weighted by Gasteiger charge is -2.24. The number of para-hydroxylation sites is 1. The Hall–Kier alpha value is -3.47. The summed E-state index contributed by atoms with van der Waals surface area (Å²) in [4.78, 5) is 25.7. The number of ether oxygens (including phenoxy) is 1. The Kier molecular flexibility index (Phi) is 7.88. The molecule has 0 aliphatic heterocycles. The van der Waals surface area contributed by atoms with E-state index in [-0.39, 0.29) is 30.6 Å². The fourth-order valence-corrected chi connectivity index (χ4v) is 5.86. The van der Waals surface area contributed by atoms with Gasteiger partial charge in [0, 0.05) is 12.0 Å². The Morgan fingerprint density at radius 3 is 2.67 bits per heavy atom. The number of rotatable bonds is 12. The number of fused-ring (bicyclic) bond motifs is 1. The van der Waals surface area contributed by atoms with E-state index in [0.717, 1.165) is 12.8 Å². The molecular formula is C26H34N7O5P. The number of carbonyl (C=O) groups excluding carboxylic acids is 1. The lowest BCUT2D eigenvalue weighted by molar-refractivity contribution is -0.149. The summed E-state index contributed by atoms with van der Waals surface area (Å²) in [5, 5.41) is 6.10. The molecular weight excluding hydrogens is 521 g/mol. The zero-order chi connectivity index (χ0) is 27.6. The Morgan fingerprint density at radius 1 is 1.18 bits per heavy atom. The lowest BCUT2D eigenvalue weighted by Crippen LogP contribution is -2.36. The third-order valence-corrected chi connectivity index (χ3v) is 7.99. The first-order valence-electron chi connectivity index (χ1n) is 13.1. The van der Waals surface area contributed by atoms with Crippen molar-refractivity contribution in [2.75, 3.05) is 17.7 Å². The number of aromatic nitrogens is 4. The molecule has 0 amide bonds. The summed E-state index contributed by atoms with van der Waals surface area (Å²) in [6.07, 6.45) is 8.35. The van der Waals surface area contributed by atoms with Gasteiger partial charge in [-0.2, -0.15) is 15.1 Å². The normalized spacial score (nSPS) is 21.1. The molecule has 39 heavy (non-hydrogen) atoms. The second-order valence-corrected chi connectivity index (χ2v) is 11.8. The van der Waals surface area contributed by atoms with Crippen LogP contribution in [0.1, 0.15) is 46.1 Å². The summed E-state index contributed by atoms with van der Waals surface area (Å²) in [7, 11) is -3.94. The maximum absolute atomic E-state index is 13.8. The highest BCUT2D eigenvalue weighted by molar-refractivity contribution is 7.52. The molecule has 0 bridgehead atoms. The van der Waals surface area contributed by atoms with Crippen LogP contribution >= 0.6 is 7.75 Å². The number of hydrogen-bond donors (Lipinski definition) is 3. The molecule has 4 atom stereocenters. The van der Waals surface area contributed by atoms with Gasteiger partial charge in [-0.3, -0.25) is 9.32 Å². The average molecular weight is 556 g/mol. The standard InChI is InChI=1S/C26H34N7O5P/c1-16(2)37-25(34)17(3)32-39(35,38-21-7-5-4-6-8-21)36-14-18-9-12-20(13-18)33-15-28-22-23(29-19-10-11-19)30-26(27)31-24(22)33/h4-9,12,15-20H,10-11,13-14H2,1-3H3,(H,32,35)(H3,27,29,30,31)/t17-,18-,20+,39?/m1/s1. The maximum atomic E-state index is 13.8. The van der Waals surface area contributed by atoms with Crippen molar-refractivity contribution in [1.82, 2.24) is 24.6 Å². The highest BCUT2D eigenvalue weighted by atomic mass is 31.2. The van der Waals surface area contributed by atoms with Crippen LogP contribution in [0.3, 0.4) is 0 Å². The molecule has 0 saturated heterocycles. The summed E-state index contributed by atoms with van der Waals surface area (Å²) in [5.74, 6) is 0.578. The molecule has 1 unspecified atom stereocenters. The molecule has 4 N–H and O–H groups in total. The van der Waals surface area contributed by atoms with Gasteiger partial charge < -0.3 is 24.9 Å². The Bertz CT molecular complexity index is 1390. The smallest absolute Gasteiger partial charge is 0.459 e. The van der Waals surface area contributed by atoms with Crippen LogP contribution in [0.15, 0.2) is 48.8 Å². The number of anilines is 2. The topological polar surface area (TPSA) is 156 Å². The van der Waals surface area contributed by atoms with Gasteiger partial charge in [0.25, 0.3) is 0 Å². The van der Waals surface area contributed by atoms with Crippen molar-refractivity contribution in [3.05, 3.63) is 48.8 Å². The Labute approximate surface area is 226 Å². The van der Waals surface area contributed by atoms with E-state index in [9.17, 15) is 9.36 Å². The number of benzene rings is 1. The zero-order valence-electron chi connectivity index (χ0n) is 22.2. The predicted octanol–water partition coefficient (Wildman–Crippen LogP) is 4.23. The highest BCUT2D eigenvalue weighted by Crippen LogP contribution is 2.46. The molecule has 2 aliphatic rings. The van der Waals surface area contributed by atoms with Gasteiger partial charge in [-0.05, 0) is 52.2 Å². The summed E-state index contributed by atoms with van der Waals surface area (Å²) in [5.41, 5.74) is 7.32. The van der Waals surface area contributed by atoms with Crippen molar-refractivity contribution >= 4 is 36.6 Å². The van der Waals surface area contributed by atoms with E-state index in [1.165, 1.54) is 0 Å². The SMILES string of the molecule is CC(C)OC(=O)[C@@H](C)NP(=O)(OC[C@@H]1C=C[C@H](n2cnc3c(NC4CC4)nc(N)nc32)C1)Oc1ccccc1. The Balaban J connectivity index is 1.26. The summed E-state index contributed by atoms with van der Waals surface area (Å²) < 4.78 is 32.6. The van der Waals surface area contributed by atoms with Crippen molar-refractivity contribution in [3.63, 3.8) is 0 Å². The second-order valence-electron chi connectivity index (χ2n) is 10.2. The number of hydrogen-bond acceptors (Lipinski definition) is 10. The quantitative estimate of drug-likeness (QED) is 0.167. The Morgan fingerprint density at radius 2 is 1.95 bits per heavy atom. The minimum atomic E-state index is -3.94. The van der Waals surface area contributed by atoms with E-state index in [1.54, 1.807) is 51.4 Å². The van der Waals surface area contributed by atoms with Crippen LogP contribution in [-0.4, -0.2) is 50.3 Å². The summed E-state index contributed by atoms with van der Waals surface area (Å²) >= 11 is 0. The zero-order valence-corrected chi connectivity index (χ0v) is 23.1.